The van der Waals surface area contributed by atoms with E-state index < -0.39 is 0 Å². The topological polar surface area (TPSA) is 0 Å². The second-order valence-corrected chi connectivity index (χ2v) is 0. The molecule has 0 fully saturated rings. The summed E-state index contributed by atoms with van der Waals surface area (Å²) in [5.41, 5.74) is 0. The zero-order valence-corrected chi connectivity index (χ0v) is 4.29. The summed E-state index contributed by atoms with van der Waals surface area (Å²) in [6.45, 7) is 0. The van der Waals surface area contributed by atoms with Gasteiger partial charge in [-0.1, -0.05) is 0 Å². The van der Waals surface area contributed by atoms with Crippen LogP contribution in [0.2, 0.25) is 0 Å². The van der Waals surface area contributed by atoms with E-state index in [1.54, 1.807) is 0 Å². The number of rotatable bonds is 0. The SMILES string of the molecule is [Cr].[Ni].[Ni].[SiH4].[SiH4]. The van der Waals surface area contributed by atoms with Crippen LogP contribution in [0.1, 0.15) is 0 Å². The average molecular weight is 234 g/mol. The summed E-state index contributed by atoms with van der Waals surface area (Å²) < 4.78 is 0. The minimum absolute atomic E-state index is 0. The molecule has 0 nitrogen and oxygen atoms in total. The molecule has 0 unspecified atom stereocenters. The van der Waals surface area contributed by atoms with Gasteiger partial charge in [-0.3, -0.25) is 0 Å². The van der Waals surface area contributed by atoms with E-state index in [4.69, 9.17) is 0 Å². The predicted molar refractivity (Wildman–Crippen MR) is 22.7 cm³/mol. The molecule has 0 aromatic rings. The summed E-state index contributed by atoms with van der Waals surface area (Å²) >= 11 is 0. The third-order valence-electron chi connectivity index (χ3n) is 0. The molecule has 0 N–H and O–H groups in total. The van der Waals surface area contributed by atoms with Crippen molar-refractivity contribution in [1.29, 1.82) is 0 Å². The normalized spacial score (nSPS) is 0. The van der Waals surface area contributed by atoms with Crippen molar-refractivity contribution in [2.45, 2.75) is 0 Å². The molecule has 0 aromatic heterocycles. The van der Waals surface area contributed by atoms with Crippen LogP contribution in [0, 0.1) is 0 Å². The van der Waals surface area contributed by atoms with E-state index in [-0.39, 0.29) is 72.3 Å². The molecule has 0 aliphatic heterocycles. The van der Waals surface area contributed by atoms with Crippen LogP contribution in [0.25, 0.3) is 0 Å². The zero-order valence-electron chi connectivity index (χ0n) is 1.04. The van der Waals surface area contributed by atoms with Crippen molar-refractivity contribution in [3.8, 4) is 0 Å². The van der Waals surface area contributed by atoms with Gasteiger partial charge >= 0.3 is 0 Å². The Hall–Kier alpha value is 1.95. The van der Waals surface area contributed by atoms with Gasteiger partial charge in [0.15, 0.2) is 0 Å². The molecule has 5 heavy (non-hydrogen) atoms. The van der Waals surface area contributed by atoms with E-state index in [2.05, 4.69) is 0 Å². The summed E-state index contributed by atoms with van der Waals surface area (Å²) in [4.78, 5) is 0. The maximum Gasteiger partial charge on any atom is 0 e. The van der Waals surface area contributed by atoms with Crippen molar-refractivity contribution in [2.24, 2.45) is 0 Å². The molecule has 0 radical (unpaired) electrons. The Morgan fingerprint density at radius 3 is 0.600 bits per heavy atom. The molecule has 0 bridgehead atoms. The standard InChI is InChI=1S/Cr.2Ni.2H4Si/h;;;2*1H4. The third-order valence-corrected chi connectivity index (χ3v) is 0. The smallest absolute Gasteiger partial charge is 0 e. The summed E-state index contributed by atoms with van der Waals surface area (Å²) in [6, 6.07) is 0. The van der Waals surface area contributed by atoms with E-state index in [0.717, 1.165) is 0 Å². The van der Waals surface area contributed by atoms with E-state index in [0.29, 0.717) is 0 Å². The molecule has 0 aliphatic carbocycles. The first-order valence-corrected chi connectivity index (χ1v) is 0. The van der Waals surface area contributed by atoms with Crippen molar-refractivity contribution in [3.63, 3.8) is 0 Å². The minimum Gasteiger partial charge on any atom is -0.0149 e. The van der Waals surface area contributed by atoms with Gasteiger partial charge in [-0.05, 0) is 21.9 Å². The first-order chi connectivity index (χ1) is 0. The molecule has 5 heteroatoms. The van der Waals surface area contributed by atoms with Crippen LogP contribution in [-0.2, 0) is 50.3 Å². The van der Waals surface area contributed by atoms with Crippen molar-refractivity contribution in [3.05, 3.63) is 0 Å². The molecule has 0 atom stereocenters. The van der Waals surface area contributed by atoms with E-state index in [1.165, 1.54) is 0 Å². The van der Waals surface area contributed by atoms with Gasteiger partial charge in [-0.15, -0.1) is 0 Å². The van der Waals surface area contributed by atoms with Crippen molar-refractivity contribution in [1.82, 2.24) is 0 Å². The summed E-state index contributed by atoms with van der Waals surface area (Å²) in [6.07, 6.45) is 0. The maximum absolute atomic E-state index is 0. The fraction of sp³-hybridized carbons (Fsp3) is 0. The minimum atomic E-state index is 0. The fourth-order valence-corrected chi connectivity index (χ4v) is 0. The van der Waals surface area contributed by atoms with Gasteiger partial charge in [0.2, 0.25) is 0 Å². The first kappa shape index (κ1) is 64.6. The summed E-state index contributed by atoms with van der Waals surface area (Å²) in [5, 5.41) is 0. The molecular weight excluding hydrogens is 226 g/mol. The second-order valence-electron chi connectivity index (χ2n) is 0. The van der Waals surface area contributed by atoms with Crippen LogP contribution < -0.4 is 0 Å². The van der Waals surface area contributed by atoms with Gasteiger partial charge in [-0.2, -0.15) is 0 Å². The van der Waals surface area contributed by atoms with Crippen LogP contribution in [0.4, 0.5) is 0 Å². The Morgan fingerprint density at radius 2 is 0.600 bits per heavy atom. The summed E-state index contributed by atoms with van der Waals surface area (Å²) in [7, 11) is 0. The van der Waals surface area contributed by atoms with E-state index in [1.807, 2.05) is 0 Å². The van der Waals surface area contributed by atoms with Crippen molar-refractivity contribution < 1.29 is 50.3 Å². The molecule has 0 spiro atoms. The van der Waals surface area contributed by atoms with Crippen LogP contribution in [0.3, 0.4) is 0 Å². The Morgan fingerprint density at radius 1 is 0.600 bits per heavy atom. The third kappa shape index (κ3) is 24.4. The van der Waals surface area contributed by atoms with Gasteiger partial charge in [0.1, 0.15) is 0 Å². The van der Waals surface area contributed by atoms with Gasteiger partial charge in [-0.25, -0.2) is 0 Å². The molecule has 0 saturated heterocycles. The number of hydrogen-bond donors (Lipinski definition) is 0. The van der Waals surface area contributed by atoms with E-state index in [9.17, 15) is 0 Å². The van der Waals surface area contributed by atoms with Crippen molar-refractivity contribution >= 4 is 21.9 Å². The summed E-state index contributed by atoms with van der Waals surface area (Å²) in [5.74, 6) is 0. The second kappa shape index (κ2) is 38.3. The Kier molecular flexibility index (Phi) is 495. The Balaban J connectivity index is 0. The fourth-order valence-electron chi connectivity index (χ4n) is 0. The molecule has 0 aliphatic rings. The van der Waals surface area contributed by atoms with Crippen LogP contribution in [0.5, 0.6) is 0 Å². The van der Waals surface area contributed by atoms with Crippen LogP contribution in [0.15, 0.2) is 0 Å². The van der Waals surface area contributed by atoms with Crippen LogP contribution in [-0.4, -0.2) is 21.9 Å². The molecule has 0 saturated carbocycles. The van der Waals surface area contributed by atoms with Crippen LogP contribution >= 0.6 is 0 Å². The maximum atomic E-state index is 0. The average Bonchev–Trinajstić information content (AvgIpc) is 0. The Labute approximate surface area is 71.9 Å². The van der Waals surface area contributed by atoms with Gasteiger partial charge in [0, 0.05) is 50.3 Å². The number of hydrogen-bond acceptors (Lipinski definition) is 0. The molecule has 0 aromatic carbocycles. The van der Waals surface area contributed by atoms with Crippen molar-refractivity contribution in [2.75, 3.05) is 0 Å². The Bertz CT molecular complexity index is 7.61. The molecular formula is H8CrNi2Si2. The van der Waals surface area contributed by atoms with Gasteiger partial charge in [0.25, 0.3) is 0 Å². The van der Waals surface area contributed by atoms with E-state index >= 15 is 0 Å². The largest absolute Gasteiger partial charge is 0.0149 e. The molecule has 0 amide bonds. The zero-order chi connectivity index (χ0) is 0. The van der Waals surface area contributed by atoms with Gasteiger partial charge in [0.05, 0.1) is 0 Å². The predicted octanol–water partition coefficient (Wildman–Crippen LogP) is -2.91. The molecule has 42 valence electrons. The molecule has 0 rings (SSSR count). The monoisotopic (exact) mass is 232 g/mol. The van der Waals surface area contributed by atoms with Gasteiger partial charge < -0.3 is 0 Å². The first-order valence-electron chi connectivity index (χ1n) is 0. The molecule has 0 heterocycles. The quantitative estimate of drug-likeness (QED) is 0.394.